The highest BCUT2D eigenvalue weighted by atomic mass is 16.4. The van der Waals surface area contributed by atoms with Crippen molar-refractivity contribution in [1.29, 1.82) is 0 Å². The summed E-state index contributed by atoms with van der Waals surface area (Å²) in [7, 11) is 0. The maximum Gasteiger partial charge on any atom is 0.300 e. The van der Waals surface area contributed by atoms with Crippen LogP contribution in [-0.4, -0.2) is 32.4 Å². The van der Waals surface area contributed by atoms with Gasteiger partial charge in [0.15, 0.2) is 11.5 Å². The number of phenols is 2. The number of hydrogen-bond acceptors (Lipinski definition) is 4. The quantitative estimate of drug-likeness (QED) is 0.484. The number of aromatic hydroxyl groups is 2. The SMILES string of the molecule is CC(=O)O.CC(=O)O.CC=CCc1c(C)c(O)c(O)c2ccccc12. The van der Waals surface area contributed by atoms with Crippen LogP contribution in [0.15, 0.2) is 36.4 Å². The van der Waals surface area contributed by atoms with E-state index < -0.39 is 11.9 Å². The van der Waals surface area contributed by atoms with Gasteiger partial charge in [-0.15, -0.1) is 0 Å². The number of carbonyl (C=O) groups is 2. The zero-order valence-electron chi connectivity index (χ0n) is 14.8. The largest absolute Gasteiger partial charge is 0.504 e. The molecule has 0 aliphatic carbocycles. The van der Waals surface area contributed by atoms with Gasteiger partial charge in [0, 0.05) is 19.2 Å². The maximum atomic E-state index is 9.92. The molecule has 0 heterocycles. The zero-order chi connectivity index (χ0) is 19.6. The average molecular weight is 348 g/mol. The van der Waals surface area contributed by atoms with Gasteiger partial charge in [0.25, 0.3) is 11.9 Å². The van der Waals surface area contributed by atoms with Gasteiger partial charge in [-0.3, -0.25) is 9.59 Å². The summed E-state index contributed by atoms with van der Waals surface area (Å²) in [6, 6.07) is 7.59. The Hall–Kier alpha value is -3.02. The van der Waals surface area contributed by atoms with E-state index in [0.717, 1.165) is 36.8 Å². The highest BCUT2D eigenvalue weighted by Gasteiger charge is 2.14. The Morgan fingerprint density at radius 3 is 1.84 bits per heavy atom. The average Bonchev–Trinajstić information content (AvgIpc) is 2.52. The van der Waals surface area contributed by atoms with Crippen molar-refractivity contribution in [2.75, 3.05) is 0 Å². The lowest BCUT2D eigenvalue weighted by Crippen LogP contribution is -1.91. The molecule has 0 saturated heterocycles. The zero-order valence-corrected chi connectivity index (χ0v) is 14.8. The van der Waals surface area contributed by atoms with Crippen molar-refractivity contribution in [3.63, 3.8) is 0 Å². The first-order valence-corrected chi connectivity index (χ1v) is 7.55. The smallest absolute Gasteiger partial charge is 0.300 e. The standard InChI is InChI=1S/C15H16O2.2C2H4O2/c1-3-4-7-11-10(2)14(16)15(17)13-9-6-5-8-12(11)13;2*1-2(3)4/h3-6,8-9,16-17H,7H2,1-2H3;2*1H3,(H,3,4). The van der Waals surface area contributed by atoms with E-state index in [9.17, 15) is 10.2 Å². The second-order valence-corrected chi connectivity index (χ2v) is 5.16. The van der Waals surface area contributed by atoms with Crippen LogP contribution in [0, 0.1) is 6.92 Å². The van der Waals surface area contributed by atoms with Crippen LogP contribution in [-0.2, 0) is 16.0 Å². The molecule has 6 heteroatoms. The number of carboxylic acid groups (broad SMARTS) is 2. The van der Waals surface area contributed by atoms with Gasteiger partial charge in [-0.1, -0.05) is 36.4 Å². The van der Waals surface area contributed by atoms with Gasteiger partial charge in [0.1, 0.15) is 0 Å². The third-order valence-electron chi connectivity index (χ3n) is 3.10. The minimum atomic E-state index is -0.833. The van der Waals surface area contributed by atoms with Crippen molar-refractivity contribution in [3.05, 3.63) is 47.5 Å². The molecule has 2 aromatic rings. The summed E-state index contributed by atoms with van der Waals surface area (Å²) < 4.78 is 0. The lowest BCUT2D eigenvalue weighted by Gasteiger charge is -2.12. The second kappa shape index (κ2) is 10.7. The first-order chi connectivity index (χ1) is 11.6. The Morgan fingerprint density at radius 1 is 0.960 bits per heavy atom. The molecular formula is C19H24O6. The van der Waals surface area contributed by atoms with Crippen LogP contribution >= 0.6 is 0 Å². The molecule has 0 unspecified atom stereocenters. The molecule has 0 saturated carbocycles. The number of carboxylic acids is 2. The summed E-state index contributed by atoms with van der Waals surface area (Å²) in [5, 5.41) is 36.4. The highest BCUT2D eigenvalue weighted by molar-refractivity contribution is 5.94. The molecule has 25 heavy (non-hydrogen) atoms. The normalized spacial score (nSPS) is 9.76. The molecule has 0 bridgehead atoms. The minimum Gasteiger partial charge on any atom is -0.504 e. The molecule has 4 N–H and O–H groups in total. The topological polar surface area (TPSA) is 115 Å². The fraction of sp³-hybridized carbons (Fsp3) is 0.263. The van der Waals surface area contributed by atoms with E-state index in [4.69, 9.17) is 19.8 Å². The molecule has 136 valence electrons. The van der Waals surface area contributed by atoms with Crippen molar-refractivity contribution in [3.8, 4) is 11.5 Å². The van der Waals surface area contributed by atoms with Gasteiger partial charge < -0.3 is 20.4 Å². The molecule has 0 aliphatic heterocycles. The molecule has 0 aromatic heterocycles. The molecule has 0 radical (unpaired) electrons. The fourth-order valence-electron chi connectivity index (χ4n) is 2.10. The van der Waals surface area contributed by atoms with E-state index >= 15 is 0 Å². The number of benzene rings is 2. The fourth-order valence-corrected chi connectivity index (χ4v) is 2.10. The van der Waals surface area contributed by atoms with Crippen molar-refractivity contribution < 1.29 is 30.0 Å². The monoisotopic (exact) mass is 348 g/mol. The van der Waals surface area contributed by atoms with E-state index in [1.54, 1.807) is 0 Å². The van der Waals surface area contributed by atoms with Gasteiger partial charge in [0.2, 0.25) is 0 Å². The number of phenolic OH excluding ortho intramolecular Hbond substituents is 2. The first-order valence-electron chi connectivity index (χ1n) is 7.55. The Balaban J connectivity index is 0.000000609. The lowest BCUT2D eigenvalue weighted by molar-refractivity contribution is -0.135. The van der Waals surface area contributed by atoms with Crippen LogP contribution in [0.1, 0.15) is 31.9 Å². The summed E-state index contributed by atoms with van der Waals surface area (Å²) in [4.78, 5) is 18.0. The van der Waals surface area contributed by atoms with E-state index in [1.165, 1.54) is 0 Å². The number of aliphatic carboxylic acids is 2. The van der Waals surface area contributed by atoms with E-state index in [2.05, 4.69) is 0 Å². The summed E-state index contributed by atoms with van der Waals surface area (Å²) >= 11 is 0. The number of hydrogen-bond donors (Lipinski definition) is 4. The van der Waals surface area contributed by atoms with Crippen LogP contribution in [0.25, 0.3) is 10.8 Å². The van der Waals surface area contributed by atoms with Crippen LogP contribution in [0.4, 0.5) is 0 Å². The van der Waals surface area contributed by atoms with E-state index in [0.29, 0.717) is 5.39 Å². The van der Waals surface area contributed by atoms with Crippen LogP contribution < -0.4 is 0 Å². The highest BCUT2D eigenvalue weighted by Crippen LogP contribution is 2.39. The van der Waals surface area contributed by atoms with E-state index in [1.807, 2.05) is 50.3 Å². The summed E-state index contributed by atoms with van der Waals surface area (Å²) in [5.41, 5.74) is 1.81. The van der Waals surface area contributed by atoms with Crippen LogP contribution in [0.5, 0.6) is 11.5 Å². The third kappa shape index (κ3) is 7.39. The number of rotatable bonds is 2. The minimum absolute atomic E-state index is 0.0109. The second-order valence-electron chi connectivity index (χ2n) is 5.16. The molecule has 0 spiro atoms. The van der Waals surface area contributed by atoms with Gasteiger partial charge in [-0.2, -0.15) is 0 Å². The molecule has 2 rings (SSSR count). The number of allylic oxidation sites excluding steroid dienone is 2. The molecule has 0 amide bonds. The summed E-state index contributed by atoms with van der Waals surface area (Å²) in [5.74, 6) is -1.70. The Bertz CT molecular complexity index is 742. The maximum absolute atomic E-state index is 9.92. The molecule has 2 aromatic carbocycles. The molecule has 0 atom stereocenters. The predicted molar refractivity (Wildman–Crippen MR) is 97.2 cm³/mol. The number of fused-ring (bicyclic) bond motifs is 1. The first kappa shape index (κ1) is 22.0. The molecule has 0 aliphatic rings. The Labute approximate surface area is 146 Å². The Kier molecular flexibility index (Phi) is 9.41. The van der Waals surface area contributed by atoms with Crippen molar-refractivity contribution in [2.45, 2.75) is 34.1 Å². The van der Waals surface area contributed by atoms with Crippen LogP contribution in [0.3, 0.4) is 0 Å². The molecular weight excluding hydrogens is 324 g/mol. The third-order valence-corrected chi connectivity index (χ3v) is 3.10. The molecule has 0 fully saturated rings. The molecule has 6 nitrogen and oxygen atoms in total. The predicted octanol–water partition coefficient (Wildman–Crippen LogP) is 3.86. The van der Waals surface area contributed by atoms with Crippen LogP contribution in [0.2, 0.25) is 0 Å². The van der Waals surface area contributed by atoms with Gasteiger partial charge in [-0.25, -0.2) is 0 Å². The lowest BCUT2D eigenvalue weighted by atomic mass is 9.95. The van der Waals surface area contributed by atoms with Gasteiger partial charge >= 0.3 is 0 Å². The van der Waals surface area contributed by atoms with E-state index in [-0.39, 0.29) is 11.5 Å². The Morgan fingerprint density at radius 2 is 1.40 bits per heavy atom. The summed E-state index contributed by atoms with van der Waals surface area (Å²) in [6.07, 6.45) is 4.79. The van der Waals surface area contributed by atoms with Crippen molar-refractivity contribution in [2.24, 2.45) is 0 Å². The van der Waals surface area contributed by atoms with Gasteiger partial charge in [0.05, 0.1) is 0 Å². The van der Waals surface area contributed by atoms with Crippen molar-refractivity contribution >= 4 is 22.7 Å². The van der Waals surface area contributed by atoms with Crippen molar-refractivity contribution in [1.82, 2.24) is 0 Å². The van der Waals surface area contributed by atoms with Gasteiger partial charge in [-0.05, 0) is 36.8 Å². The summed E-state index contributed by atoms with van der Waals surface area (Å²) in [6.45, 7) is 5.97.